The minimum atomic E-state index is 0.534. The molecule has 2 rings (SSSR count). The van der Waals surface area contributed by atoms with Gasteiger partial charge in [-0.15, -0.1) is 0 Å². The van der Waals surface area contributed by atoms with Crippen molar-refractivity contribution in [2.75, 3.05) is 7.11 Å². The van der Waals surface area contributed by atoms with Crippen molar-refractivity contribution in [2.24, 2.45) is 11.8 Å². The van der Waals surface area contributed by atoms with Crippen molar-refractivity contribution < 1.29 is 7.80 Å². The molecule has 0 heterocycles. The first-order chi connectivity index (χ1) is 7.83. The number of methoxy groups -OCH3 is 1. The molecule has 0 aliphatic heterocycles. The highest BCUT2D eigenvalue weighted by Gasteiger charge is 2.30. The molecule has 16 heavy (non-hydrogen) atoms. The van der Waals surface area contributed by atoms with Crippen LogP contribution in [0.25, 0.3) is 0 Å². The monoisotopic (exact) mass is 338 g/mol. The summed E-state index contributed by atoms with van der Waals surface area (Å²) in [5.41, 5.74) is 0. The van der Waals surface area contributed by atoms with Crippen LogP contribution in [0, 0.1) is 11.8 Å². The molecule has 2 aliphatic carbocycles. The minimum Gasteiger partial charge on any atom is -0.381 e. The van der Waals surface area contributed by atoms with Crippen LogP contribution in [-0.2, 0) is 7.80 Å². The summed E-state index contributed by atoms with van der Waals surface area (Å²) < 4.78 is 10.9. The van der Waals surface area contributed by atoms with Gasteiger partial charge in [0.15, 0.2) is 0 Å². The van der Waals surface area contributed by atoms with Crippen LogP contribution in [0.5, 0.6) is 0 Å². The quantitative estimate of drug-likeness (QED) is 0.721. The van der Waals surface area contributed by atoms with Gasteiger partial charge >= 0.3 is 0 Å². The third kappa shape index (κ3) is 3.33. The molecule has 0 radical (unpaired) electrons. The fourth-order valence-corrected chi connectivity index (χ4v) is 3.95. The van der Waals surface area contributed by atoms with Gasteiger partial charge in [-0.25, -0.2) is 0 Å². The van der Waals surface area contributed by atoms with Gasteiger partial charge in [0.05, 0.1) is 12.2 Å². The molecule has 2 saturated carbocycles. The molecular weight excluding hydrogens is 315 g/mol. The van der Waals surface area contributed by atoms with Crippen LogP contribution >= 0.6 is 23.0 Å². The third-order valence-electron chi connectivity index (χ3n) is 4.56. The van der Waals surface area contributed by atoms with Crippen molar-refractivity contribution in [1.29, 1.82) is 0 Å². The van der Waals surface area contributed by atoms with Crippen molar-refractivity contribution in [3.63, 3.8) is 0 Å². The maximum absolute atomic E-state index is 5.44. The van der Waals surface area contributed by atoms with E-state index in [0.29, 0.717) is 12.2 Å². The SMILES string of the molecule is COC1CCC(C2CCC(OI)CC2)CC1. The second-order valence-corrected chi connectivity index (χ2v) is 5.91. The molecule has 0 bridgehead atoms. The van der Waals surface area contributed by atoms with Crippen molar-refractivity contribution in [1.82, 2.24) is 0 Å². The Labute approximate surface area is 113 Å². The fraction of sp³-hybridized carbons (Fsp3) is 1.00. The smallest absolute Gasteiger partial charge is 0.110 e. The van der Waals surface area contributed by atoms with Crippen molar-refractivity contribution >= 4 is 23.0 Å². The van der Waals surface area contributed by atoms with Gasteiger partial charge < -0.3 is 7.80 Å². The Hall–Kier alpha value is 0.650. The summed E-state index contributed by atoms with van der Waals surface area (Å²) in [7, 11) is 1.86. The van der Waals surface area contributed by atoms with Crippen molar-refractivity contribution in [3.8, 4) is 0 Å². The van der Waals surface area contributed by atoms with Crippen LogP contribution in [0.3, 0.4) is 0 Å². The van der Waals surface area contributed by atoms with Gasteiger partial charge in [-0.3, -0.25) is 0 Å². The first kappa shape index (κ1) is 13.1. The molecule has 94 valence electrons. The standard InChI is InChI=1S/C13H23IO2/c1-15-12-6-2-10(3-7-12)11-4-8-13(16-14)9-5-11/h10-13H,2-9H2,1H3. The molecule has 0 aromatic rings. The van der Waals surface area contributed by atoms with Crippen LogP contribution in [-0.4, -0.2) is 19.3 Å². The van der Waals surface area contributed by atoms with Gasteiger partial charge in [-0.05, 0) is 63.2 Å². The molecule has 3 heteroatoms. The van der Waals surface area contributed by atoms with E-state index in [2.05, 4.69) is 23.0 Å². The number of hydrogen-bond acceptors (Lipinski definition) is 2. The van der Waals surface area contributed by atoms with Gasteiger partial charge in [0, 0.05) is 7.11 Å². The van der Waals surface area contributed by atoms with Crippen LogP contribution in [0.4, 0.5) is 0 Å². The van der Waals surface area contributed by atoms with Crippen LogP contribution in [0.15, 0.2) is 0 Å². The van der Waals surface area contributed by atoms with Crippen LogP contribution < -0.4 is 0 Å². The molecule has 0 N–H and O–H groups in total. The molecule has 0 spiro atoms. The average Bonchev–Trinajstić information content (AvgIpc) is 2.39. The van der Waals surface area contributed by atoms with Gasteiger partial charge in [0.25, 0.3) is 0 Å². The highest BCUT2D eigenvalue weighted by molar-refractivity contribution is 14.1. The van der Waals surface area contributed by atoms with Gasteiger partial charge in [0.2, 0.25) is 0 Å². The highest BCUT2D eigenvalue weighted by Crippen LogP contribution is 2.39. The molecular formula is C13H23IO2. The molecule has 2 nitrogen and oxygen atoms in total. The topological polar surface area (TPSA) is 18.5 Å². The Balaban J connectivity index is 1.73. The molecule has 2 fully saturated rings. The summed E-state index contributed by atoms with van der Waals surface area (Å²) in [5, 5.41) is 0. The number of halogens is 1. The molecule has 0 unspecified atom stereocenters. The Kier molecular flexibility index (Phi) is 5.36. The Morgan fingerprint density at radius 2 is 1.19 bits per heavy atom. The summed E-state index contributed by atoms with van der Waals surface area (Å²) in [6.45, 7) is 0. The molecule has 0 saturated heterocycles. The lowest BCUT2D eigenvalue weighted by atomic mass is 9.72. The molecule has 2 aliphatic rings. The Morgan fingerprint density at radius 1 is 0.750 bits per heavy atom. The molecule has 0 aromatic carbocycles. The second-order valence-electron chi connectivity index (χ2n) is 5.40. The summed E-state index contributed by atoms with van der Waals surface area (Å²) in [6, 6.07) is 0. The van der Waals surface area contributed by atoms with E-state index in [0.717, 1.165) is 11.8 Å². The van der Waals surface area contributed by atoms with Gasteiger partial charge in [0.1, 0.15) is 23.0 Å². The highest BCUT2D eigenvalue weighted by atomic mass is 127. The maximum atomic E-state index is 5.44. The second kappa shape index (κ2) is 6.55. The summed E-state index contributed by atoms with van der Waals surface area (Å²) in [5.74, 6) is 1.95. The van der Waals surface area contributed by atoms with E-state index in [-0.39, 0.29) is 0 Å². The zero-order chi connectivity index (χ0) is 11.4. The van der Waals surface area contributed by atoms with E-state index in [9.17, 15) is 0 Å². The van der Waals surface area contributed by atoms with Gasteiger partial charge in [-0.2, -0.15) is 0 Å². The normalized spacial score (nSPS) is 40.9. The predicted octanol–water partition coefficient (Wildman–Crippen LogP) is 4.12. The van der Waals surface area contributed by atoms with E-state index < -0.39 is 0 Å². The lowest BCUT2D eigenvalue weighted by molar-refractivity contribution is 0.0366. The Morgan fingerprint density at radius 3 is 1.56 bits per heavy atom. The summed E-state index contributed by atoms with van der Waals surface area (Å²) in [4.78, 5) is 0. The first-order valence-electron chi connectivity index (χ1n) is 6.63. The van der Waals surface area contributed by atoms with Crippen LogP contribution in [0.2, 0.25) is 0 Å². The fourth-order valence-electron chi connectivity index (χ4n) is 3.44. The minimum absolute atomic E-state index is 0.534. The first-order valence-corrected chi connectivity index (χ1v) is 7.51. The Bertz CT molecular complexity index is 172. The maximum Gasteiger partial charge on any atom is 0.110 e. The van der Waals surface area contributed by atoms with E-state index in [4.69, 9.17) is 7.80 Å². The molecule has 0 amide bonds. The third-order valence-corrected chi connectivity index (χ3v) is 5.28. The number of ether oxygens (including phenoxy) is 1. The van der Waals surface area contributed by atoms with Crippen LogP contribution in [0.1, 0.15) is 51.4 Å². The van der Waals surface area contributed by atoms with Crippen molar-refractivity contribution in [2.45, 2.75) is 63.6 Å². The lowest BCUT2D eigenvalue weighted by Gasteiger charge is -2.36. The predicted molar refractivity (Wildman–Crippen MR) is 73.6 cm³/mol. The van der Waals surface area contributed by atoms with Gasteiger partial charge in [-0.1, -0.05) is 0 Å². The van der Waals surface area contributed by atoms with Crippen molar-refractivity contribution in [3.05, 3.63) is 0 Å². The van der Waals surface area contributed by atoms with E-state index in [1.165, 1.54) is 51.4 Å². The molecule has 0 aromatic heterocycles. The average molecular weight is 338 g/mol. The number of rotatable bonds is 3. The zero-order valence-electron chi connectivity index (χ0n) is 10.2. The van der Waals surface area contributed by atoms with E-state index in [1.807, 2.05) is 7.11 Å². The zero-order valence-corrected chi connectivity index (χ0v) is 12.3. The lowest BCUT2D eigenvalue weighted by Crippen LogP contribution is -2.29. The van der Waals surface area contributed by atoms with E-state index in [1.54, 1.807) is 0 Å². The van der Waals surface area contributed by atoms with E-state index >= 15 is 0 Å². The number of hydrogen-bond donors (Lipinski definition) is 0. The molecule has 0 atom stereocenters. The largest absolute Gasteiger partial charge is 0.381 e. The summed E-state index contributed by atoms with van der Waals surface area (Å²) >= 11 is 2.06. The summed E-state index contributed by atoms with van der Waals surface area (Å²) in [6.07, 6.45) is 11.7.